The Labute approximate surface area is 113 Å². The van der Waals surface area contributed by atoms with Crippen molar-refractivity contribution >= 4 is 11.6 Å². The number of aliphatic hydroxyl groups excluding tert-OH is 1. The molecule has 0 bridgehead atoms. The van der Waals surface area contributed by atoms with E-state index in [-0.39, 0.29) is 5.92 Å². The fourth-order valence-corrected chi connectivity index (χ4v) is 2.56. The first-order valence-electron chi connectivity index (χ1n) is 6.23. The minimum absolute atomic E-state index is 0.0889. The molecule has 1 aromatic rings. The average Bonchev–Trinajstić information content (AvgIpc) is 2.77. The van der Waals surface area contributed by atoms with E-state index in [0.717, 1.165) is 23.3 Å². The Hall–Kier alpha value is -0.770. The van der Waals surface area contributed by atoms with Crippen molar-refractivity contribution in [2.24, 2.45) is 5.92 Å². The maximum Gasteiger partial charge on any atom is 0.126 e. The molecule has 2 unspecified atom stereocenters. The average molecular weight is 271 g/mol. The predicted molar refractivity (Wildman–Crippen MR) is 71.4 cm³/mol. The van der Waals surface area contributed by atoms with E-state index in [1.165, 1.54) is 0 Å². The minimum Gasteiger partial charge on any atom is -0.493 e. The van der Waals surface area contributed by atoms with Crippen LogP contribution in [0.4, 0.5) is 0 Å². The summed E-state index contributed by atoms with van der Waals surface area (Å²) in [6, 6.07) is 3.83. The van der Waals surface area contributed by atoms with Crippen molar-refractivity contribution < 1.29 is 14.6 Å². The second kappa shape index (κ2) is 5.91. The van der Waals surface area contributed by atoms with Crippen LogP contribution in [0.3, 0.4) is 0 Å². The van der Waals surface area contributed by atoms with Gasteiger partial charge in [0.05, 0.1) is 19.3 Å². The summed E-state index contributed by atoms with van der Waals surface area (Å²) >= 11 is 6.09. The normalized spacial score (nSPS) is 17.1. The zero-order valence-electron chi connectivity index (χ0n) is 10.8. The lowest BCUT2D eigenvalue weighted by atomic mass is 9.96. The molecule has 1 heterocycles. The Morgan fingerprint density at radius 1 is 1.50 bits per heavy atom. The van der Waals surface area contributed by atoms with E-state index in [0.29, 0.717) is 24.7 Å². The SMILES string of the molecule is COCC(C)C(O)Cc1cc(Cl)cc2c1OCC2. The zero-order valence-corrected chi connectivity index (χ0v) is 11.5. The molecular formula is C14H19ClO3. The summed E-state index contributed by atoms with van der Waals surface area (Å²) in [5.74, 6) is 0.995. The van der Waals surface area contributed by atoms with Crippen LogP contribution < -0.4 is 4.74 Å². The molecule has 2 atom stereocenters. The second-order valence-corrected chi connectivity index (χ2v) is 5.29. The summed E-state index contributed by atoms with van der Waals surface area (Å²) in [5, 5.41) is 10.9. The molecule has 18 heavy (non-hydrogen) atoms. The number of fused-ring (bicyclic) bond motifs is 1. The highest BCUT2D eigenvalue weighted by Crippen LogP contribution is 2.34. The van der Waals surface area contributed by atoms with Gasteiger partial charge >= 0.3 is 0 Å². The number of hydrogen-bond acceptors (Lipinski definition) is 3. The first-order valence-corrected chi connectivity index (χ1v) is 6.60. The van der Waals surface area contributed by atoms with Crippen LogP contribution in [0.5, 0.6) is 5.75 Å². The molecule has 0 aromatic heterocycles. The molecule has 1 aromatic carbocycles. The molecule has 0 radical (unpaired) electrons. The fourth-order valence-electron chi connectivity index (χ4n) is 2.30. The summed E-state index contributed by atoms with van der Waals surface area (Å²) < 4.78 is 10.7. The lowest BCUT2D eigenvalue weighted by Crippen LogP contribution is -2.24. The maximum atomic E-state index is 10.1. The Morgan fingerprint density at radius 3 is 3.00 bits per heavy atom. The number of aliphatic hydroxyl groups is 1. The molecule has 0 fully saturated rings. The molecule has 100 valence electrons. The molecular weight excluding hydrogens is 252 g/mol. The van der Waals surface area contributed by atoms with Gasteiger partial charge in [0.2, 0.25) is 0 Å². The minimum atomic E-state index is -0.447. The van der Waals surface area contributed by atoms with Crippen molar-refractivity contribution in [3.05, 3.63) is 28.3 Å². The molecule has 3 nitrogen and oxygen atoms in total. The third-order valence-electron chi connectivity index (χ3n) is 3.34. The van der Waals surface area contributed by atoms with E-state index in [9.17, 15) is 5.11 Å². The topological polar surface area (TPSA) is 38.7 Å². The summed E-state index contributed by atoms with van der Waals surface area (Å²) in [5.41, 5.74) is 2.13. The van der Waals surface area contributed by atoms with Gasteiger partial charge in [-0.2, -0.15) is 0 Å². The van der Waals surface area contributed by atoms with E-state index in [4.69, 9.17) is 21.1 Å². The molecule has 1 aliphatic heterocycles. The van der Waals surface area contributed by atoms with Crippen molar-refractivity contribution in [1.82, 2.24) is 0 Å². The molecule has 0 saturated heterocycles. The van der Waals surface area contributed by atoms with Gasteiger partial charge in [-0.1, -0.05) is 18.5 Å². The smallest absolute Gasteiger partial charge is 0.126 e. The summed E-state index contributed by atoms with van der Waals surface area (Å²) in [6.45, 7) is 3.22. The molecule has 0 amide bonds. The first kappa shape index (κ1) is 13.7. The fraction of sp³-hybridized carbons (Fsp3) is 0.571. The van der Waals surface area contributed by atoms with Crippen molar-refractivity contribution in [3.63, 3.8) is 0 Å². The summed E-state index contributed by atoms with van der Waals surface area (Å²) in [7, 11) is 1.64. The standard InChI is InChI=1S/C14H19ClO3/c1-9(8-17-2)13(16)7-11-6-12(15)5-10-3-4-18-14(10)11/h5-6,9,13,16H,3-4,7-8H2,1-2H3. The lowest BCUT2D eigenvalue weighted by Gasteiger charge is -2.19. The van der Waals surface area contributed by atoms with Crippen LogP contribution in [-0.4, -0.2) is 31.5 Å². The van der Waals surface area contributed by atoms with E-state index in [1.54, 1.807) is 7.11 Å². The van der Waals surface area contributed by atoms with Gasteiger partial charge in [0, 0.05) is 30.9 Å². The zero-order chi connectivity index (χ0) is 13.1. The predicted octanol–water partition coefficient (Wildman–Crippen LogP) is 2.46. The highest BCUT2D eigenvalue weighted by atomic mass is 35.5. The maximum absolute atomic E-state index is 10.1. The Balaban J connectivity index is 2.14. The summed E-state index contributed by atoms with van der Waals surface area (Å²) in [6.07, 6.45) is 0.997. The van der Waals surface area contributed by atoms with Gasteiger partial charge in [0.15, 0.2) is 0 Å². The van der Waals surface area contributed by atoms with Gasteiger partial charge in [0.25, 0.3) is 0 Å². The highest BCUT2D eigenvalue weighted by Gasteiger charge is 2.21. The highest BCUT2D eigenvalue weighted by molar-refractivity contribution is 6.30. The van der Waals surface area contributed by atoms with Crippen LogP contribution in [0.15, 0.2) is 12.1 Å². The quantitative estimate of drug-likeness (QED) is 0.893. The molecule has 1 aliphatic rings. The molecule has 1 N–H and O–H groups in total. The van der Waals surface area contributed by atoms with Crippen LogP contribution in [0.2, 0.25) is 5.02 Å². The van der Waals surface area contributed by atoms with Gasteiger partial charge in [-0.15, -0.1) is 0 Å². The number of methoxy groups -OCH3 is 1. The number of hydrogen-bond donors (Lipinski definition) is 1. The van der Waals surface area contributed by atoms with E-state index in [2.05, 4.69) is 0 Å². The Morgan fingerprint density at radius 2 is 2.28 bits per heavy atom. The Bertz CT molecular complexity index is 420. The van der Waals surface area contributed by atoms with Gasteiger partial charge in [-0.3, -0.25) is 0 Å². The van der Waals surface area contributed by atoms with Crippen LogP contribution in [0, 0.1) is 5.92 Å². The lowest BCUT2D eigenvalue weighted by molar-refractivity contribution is 0.0571. The number of ether oxygens (including phenoxy) is 2. The van der Waals surface area contributed by atoms with Crippen molar-refractivity contribution in [1.29, 1.82) is 0 Å². The third-order valence-corrected chi connectivity index (χ3v) is 3.56. The molecule has 0 spiro atoms. The molecule has 0 saturated carbocycles. The van der Waals surface area contributed by atoms with Crippen molar-refractivity contribution in [3.8, 4) is 5.75 Å². The monoisotopic (exact) mass is 270 g/mol. The van der Waals surface area contributed by atoms with E-state index < -0.39 is 6.10 Å². The van der Waals surface area contributed by atoms with Crippen LogP contribution in [0.1, 0.15) is 18.1 Å². The van der Waals surface area contributed by atoms with Crippen molar-refractivity contribution in [2.45, 2.75) is 25.9 Å². The van der Waals surface area contributed by atoms with Crippen LogP contribution >= 0.6 is 11.6 Å². The number of rotatable bonds is 5. The van der Waals surface area contributed by atoms with Crippen LogP contribution in [-0.2, 0) is 17.6 Å². The molecule has 4 heteroatoms. The van der Waals surface area contributed by atoms with Crippen LogP contribution in [0.25, 0.3) is 0 Å². The molecule has 0 aliphatic carbocycles. The van der Waals surface area contributed by atoms with Gasteiger partial charge in [0.1, 0.15) is 5.75 Å². The Kier molecular flexibility index (Phi) is 4.49. The summed E-state index contributed by atoms with van der Waals surface area (Å²) in [4.78, 5) is 0. The second-order valence-electron chi connectivity index (χ2n) is 4.86. The number of benzene rings is 1. The largest absolute Gasteiger partial charge is 0.493 e. The third kappa shape index (κ3) is 2.97. The van der Waals surface area contributed by atoms with Gasteiger partial charge in [-0.25, -0.2) is 0 Å². The van der Waals surface area contributed by atoms with Gasteiger partial charge in [-0.05, 0) is 23.3 Å². The number of halogens is 1. The van der Waals surface area contributed by atoms with Gasteiger partial charge < -0.3 is 14.6 Å². The van der Waals surface area contributed by atoms with E-state index >= 15 is 0 Å². The van der Waals surface area contributed by atoms with Crippen molar-refractivity contribution in [2.75, 3.05) is 20.3 Å². The van der Waals surface area contributed by atoms with E-state index in [1.807, 2.05) is 19.1 Å². The first-order chi connectivity index (χ1) is 8.61. The molecule has 2 rings (SSSR count).